The van der Waals surface area contributed by atoms with E-state index in [-0.39, 0.29) is 42.1 Å². The van der Waals surface area contributed by atoms with Crippen LogP contribution in [0.1, 0.15) is 44.2 Å². The standard InChI is InChI=1S/C19H28F4N4.HI/c1-3-9-27-10-7-16(8-11-27)26-18(24-4-2)25-13-14-5-6-15(20)12-17(14)19(21,22)23;/h5-6,12,16H,3-4,7-11,13H2,1-2H3,(H2,24,25,26);1H. The lowest BCUT2D eigenvalue weighted by Gasteiger charge is -2.32. The van der Waals surface area contributed by atoms with Crippen LogP contribution >= 0.6 is 24.0 Å². The Labute approximate surface area is 181 Å². The summed E-state index contributed by atoms with van der Waals surface area (Å²) in [5.74, 6) is -0.414. The summed E-state index contributed by atoms with van der Waals surface area (Å²) in [7, 11) is 0. The van der Waals surface area contributed by atoms with Crippen molar-refractivity contribution in [3.05, 3.63) is 35.1 Å². The van der Waals surface area contributed by atoms with Gasteiger partial charge in [0.05, 0.1) is 12.1 Å². The molecule has 0 spiro atoms. The van der Waals surface area contributed by atoms with Gasteiger partial charge in [-0.05, 0) is 50.4 Å². The Morgan fingerprint density at radius 3 is 2.46 bits per heavy atom. The summed E-state index contributed by atoms with van der Waals surface area (Å²) in [6, 6.07) is 2.94. The maximum atomic E-state index is 13.2. The molecule has 1 aromatic rings. The molecule has 0 amide bonds. The van der Waals surface area contributed by atoms with Crippen LogP contribution in [0.3, 0.4) is 0 Å². The van der Waals surface area contributed by atoms with Gasteiger partial charge in [0.2, 0.25) is 0 Å². The van der Waals surface area contributed by atoms with Crippen molar-refractivity contribution in [2.45, 2.75) is 51.9 Å². The van der Waals surface area contributed by atoms with Crippen LogP contribution in [0.15, 0.2) is 23.2 Å². The van der Waals surface area contributed by atoms with E-state index in [2.05, 4.69) is 27.4 Å². The van der Waals surface area contributed by atoms with E-state index in [9.17, 15) is 17.6 Å². The van der Waals surface area contributed by atoms with Gasteiger partial charge >= 0.3 is 6.18 Å². The minimum Gasteiger partial charge on any atom is -0.357 e. The number of nitrogens with zero attached hydrogens (tertiary/aromatic N) is 2. The van der Waals surface area contributed by atoms with Crippen molar-refractivity contribution < 1.29 is 17.6 Å². The van der Waals surface area contributed by atoms with Gasteiger partial charge in [0.1, 0.15) is 5.82 Å². The molecule has 0 aliphatic carbocycles. The summed E-state index contributed by atoms with van der Waals surface area (Å²) in [5, 5.41) is 6.39. The Kier molecular flexibility index (Phi) is 10.5. The van der Waals surface area contributed by atoms with E-state index in [1.54, 1.807) is 0 Å². The highest BCUT2D eigenvalue weighted by Gasteiger charge is 2.33. The molecule has 28 heavy (non-hydrogen) atoms. The first kappa shape index (κ1) is 24.9. The number of aliphatic imine (C=N–C) groups is 1. The number of nitrogens with one attached hydrogen (secondary N) is 2. The zero-order valence-electron chi connectivity index (χ0n) is 16.3. The Morgan fingerprint density at radius 1 is 1.21 bits per heavy atom. The van der Waals surface area contributed by atoms with Crippen LogP contribution in [-0.2, 0) is 12.7 Å². The molecule has 0 aromatic heterocycles. The average Bonchev–Trinajstić information content (AvgIpc) is 2.61. The van der Waals surface area contributed by atoms with Gasteiger partial charge in [-0.25, -0.2) is 9.38 Å². The smallest absolute Gasteiger partial charge is 0.357 e. The molecule has 0 radical (unpaired) electrons. The minimum atomic E-state index is -4.61. The van der Waals surface area contributed by atoms with Gasteiger partial charge in [-0.2, -0.15) is 13.2 Å². The Balaban J connectivity index is 0.00000392. The van der Waals surface area contributed by atoms with Gasteiger partial charge in [0, 0.05) is 25.7 Å². The average molecular weight is 516 g/mol. The number of hydrogen-bond donors (Lipinski definition) is 2. The second-order valence-electron chi connectivity index (χ2n) is 6.75. The molecule has 1 heterocycles. The number of likely N-dealkylation sites (tertiary alicyclic amines) is 1. The predicted octanol–water partition coefficient (Wildman–Crippen LogP) is 4.39. The molecular formula is C19H29F4IN4. The van der Waals surface area contributed by atoms with Crippen LogP contribution in [0.5, 0.6) is 0 Å². The van der Waals surface area contributed by atoms with Crippen molar-refractivity contribution in [2.24, 2.45) is 4.99 Å². The van der Waals surface area contributed by atoms with Crippen LogP contribution in [0.2, 0.25) is 0 Å². The first-order chi connectivity index (χ1) is 12.8. The van der Waals surface area contributed by atoms with E-state index in [0.29, 0.717) is 18.6 Å². The molecule has 1 saturated heterocycles. The number of halogens is 5. The fraction of sp³-hybridized carbons (Fsp3) is 0.632. The molecule has 1 fully saturated rings. The maximum absolute atomic E-state index is 13.2. The molecule has 0 unspecified atom stereocenters. The van der Waals surface area contributed by atoms with Gasteiger partial charge < -0.3 is 15.5 Å². The molecule has 2 rings (SSSR count). The maximum Gasteiger partial charge on any atom is 0.416 e. The zero-order valence-corrected chi connectivity index (χ0v) is 18.6. The summed E-state index contributed by atoms with van der Waals surface area (Å²) < 4.78 is 52.6. The summed E-state index contributed by atoms with van der Waals surface area (Å²) in [6.07, 6.45) is -1.55. The summed E-state index contributed by atoms with van der Waals surface area (Å²) >= 11 is 0. The van der Waals surface area contributed by atoms with Crippen LogP contribution < -0.4 is 10.6 Å². The zero-order chi connectivity index (χ0) is 19.9. The third-order valence-corrected chi connectivity index (χ3v) is 4.60. The lowest BCUT2D eigenvalue weighted by molar-refractivity contribution is -0.138. The fourth-order valence-electron chi connectivity index (χ4n) is 3.25. The highest BCUT2D eigenvalue weighted by atomic mass is 127. The number of hydrogen-bond acceptors (Lipinski definition) is 2. The molecule has 1 aromatic carbocycles. The molecule has 1 aliphatic heterocycles. The van der Waals surface area contributed by atoms with Gasteiger partial charge in [-0.15, -0.1) is 24.0 Å². The van der Waals surface area contributed by atoms with Gasteiger partial charge in [-0.1, -0.05) is 13.0 Å². The van der Waals surface area contributed by atoms with Gasteiger partial charge in [-0.3, -0.25) is 0 Å². The van der Waals surface area contributed by atoms with Crippen LogP contribution in [-0.4, -0.2) is 43.1 Å². The molecule has 0 saturated carbocycles. The molecule has 0 bridgehead atoms. The second-order valence-corrected chi connectivity index (χ2v) is 6.75. The summed E-state index contributed by atoms with van der Waals surface area (Å²) in [6.45, 7) is 7.59. The van der Waals surface area contributed by atoms with Gasteiger partial charge in [0.25, 0.3) is 0 Å². The normalized spacial score (nSPS) is 16.6. The first-order valence-corrected chi connectivity index (χ1v) is 9.46. The number of guanidine groups is 1. The third kappa shape index (κ3) is 7.73. The summed E-state index contributed by atoms with van der Waals surface area (Å²) in [4.78, 5) is 6.71. The molecule has 160 valence electrons. The largest absolute Gasteiger partial charge is 0.416 e. The summed E-state index contributed by atoms with van der Waals surface area (Å²) in [5.41, 5.74) is -1.02. The number of piperidine rings is 1. The fourth-order valence-corrected chi connectivity index (χ4v) is 3.25. The predicted molar refractivity (Wildman–Crippen MR) is 115 cm³/mol. The molecule has 4 nitrogen and oxygen atoms in total. The third-order valence-electron chi connectivity index (χ3n) is 4.60. The number of alkyl halides is 3. The van der Waals surface area contributed by atoms with Crippen molar-refractivity contribution in [3.63, 3.8) is 0 Å². The van der Waals surface area contributed by atoms with E-state index >= 15 is 0 Å². The second kappa shape index (κ2) is 11.8. The topological polar surface area (TPSA) is 39.7 Å². The highest BCUT2D eigenvalue weighted by molar-refractivity contribution is 14.0. The SMILES string of the molecule is CCCN1CCC(NC(=NCc2ccc(F)cc2C(F)(F)F)NCC)CC1.I. The van der Waals surface area contributed by atoms with E-state index in [4.69, 9.17) is 0 Å². The van der Waals surface area contributed by atoms with E-state index < -0.39 is 17.6 Å². The molecule has 1 aliphatic rings. The van der Waals surface area contributed by atoms with E-state index in [0.717, 1.165) is 51.0 Å². The Bertz CT molecular complexity index is 629. The number of rotatable bonds is 6. The van der Waals surface area contributed by atoms with Crippen molar-refractivity contribution in [1.82, 2.24) is 15.5 Å². The monoisotopic (exact) mass is 516 g/mol. The Morgan fingerprint density at radius 2 is 1.89 bits per heavy atom. The lowest BCUT2D eigenvalue weighted by atomic mass is 10.1. The number of benzene rings is 1. The molecule has 0 atom stereocenters. The molecule has 9 heteroatoms. The highest BCUT2D eigenvalue weighted by Crippen LogP contribution is 2.32. The van der Waals surface area contributed by atoms with E-state index in [1.165, 1.54) is 0 Å². The van der Waals surface area contributed by atoms with Crippen LogP contribution in [0.4, 0.5) is 17.6 Å². The van der Waals surface area contributed by atoms with Crippen molar-refractivity contribution in [1.29, 1.82) is 0 Å². The van der Waals surface area contributed by atoms with Crippen molar-refractivity contribution in [2.75, 3.05) is 26.2 Å². The lowest BCUT2D eigenvalue weighted by Crippen LogP contribution is -2.48. The molecule has 2 N–H and O–H groups in total. The quantitative estimate of drug-likeness (QED) is 0.255. The van der Waals surface area contributed by atoms with Crippen LogP contribution in [0, 0.1) is 5.82 Å². The minimum absolute atomic E-state index is 0. The van der Waals surface area contributed by atoms with E-state index in [1.807, 2.05) is 6.92 Å². The van der Waals surface area contributed by atoms with Crippen molar-refractivity contribution >= 4 is 29.9 Å². The van der Waals surface area contributed by atoms with Crippen LogP contribution in [0.25, 0.3) is 0 Å². The Hall–Kier alpha value is -1.10. The van der Waals surface area contributed by atoms with Crippen molar-refractivity contribution in [3.8, 4) is 0 Å². The first-order valence-electron chi connectivity index (χ1n) is 9.46. The molecular weight excluding hydrogens is 487 g/mol. The van der Waals surface area contributed by atoms with Gasteiger partial charge in [0.15, 0.2) is 5.96 Å².